The second kappa shape index (κ2) is 17.3. The first-order chi connectivity index (χ1) is 24.3. The van der Waals surface area contributed by atoms with Crippen molar-refractivity contribution < 1.29 is 51.0 Å². The summed E-state index contributed by atoms with van der Waals surface area (Å²) in [5.41, 5.74) is 1.60. The zero-order valence-electron chi connectivity index (χ0n) is 28.0. The van der Waals surface area contributed by atoms with Crippen molar-refractivity contribution in [2.24, 2.45) is 0 Å². The fourth-order valence-corrected chi connectivity index (χ4v) is 5.47. The summed E-state index contributed by atoms with van der Waals surface area (Å²) in [7, 11) is 2.46. The van der Waals surface area contributed by atoms with Gasteiger partial charge in [0.1, 0.15) is 23.3 Å². The van der Waals surface area contributed by atoms with E-state index in [0.29, 0.717) is 33.7 Å². The van der Waals surface area contributed by atoms with Gasteiger partial charge in [-0.05, 0) is 71.1 Å². The number of nitrogens with zero attached hydrogens (tertiary/aromatic N) is 2. The minimum absolute atomic E-state index is 0.0109. The lowest BCUT2D eigenvalue weighted by Crippen LogP contribution is -2.52. The molecule has 51 heavy (non-hydrogen) atoms. The monoisotopic (exact) mass is 706 g/mol. The molecule has 0 aliphatic rings. The van der Waals surface area contributed by atoms with Crippen molar-refractivity contribution in [3.63, 3.8) is 0 Å². The Morgan fingerprint density at radius 3 is 1.65 bits per heavy atom. The third-order valence-corrected chi connectivity index (χ3v) is 7.97. The van der Waals surface area contributed by atoms with E-state index in [-0.39, 0.29) is 36.2 Å². The summed E-state index contributed by atoms with van der Waals surface area (Å²) in [4.78, 5) is 68.1. The Hall–Kier alpha value is -5.69. The highest BCUT2D eigenvalue weighted by molar-refractivity contribution is 6.13. The van der Waals surface area contributed by atoms with Gasteiger partial charge >= 0.3 is 11.9 Å². The fraction of sp³-hybridized carbons (Fsp3) is 0.237. The first-order valence-corrected chi connectivity index (χ1v) is 15.6. The normalized spacial score (nSPS) is 11.5. The molecule has 0 N–H and O–H groups in total. The quantitative estimate of drug-likeness (QED) is 0.133. The van der Waals surface area contributed by atoms with Crippen molar-refractivity contribution in [3.8, 4) is 0 Å². The van der Waals surface area contributed by atoms with Gasteiger partial charge in [0, 0.05) is 25.2 Å². The lowest BCUT2D eigenvalue weighted by atomic mass is 10.0. The van der Waals surface area contributed by atoms with E-state index >= 15 is 0 Å². The van der Waals surface area contributed by atoms with E-state index in [0.717, 1.165) is 24.3 Å². The van der Waals surface area contributed by atoms with Gasteiger partial charge in [0.25, 0.3) is 5.91 Å². The van der Waals surface area contributed by atoms with E-state index < -0.39 is 71.8 Å². The Kier molecular flexibility index (Phi) is 12.9. The van der Waals surface area contributed by atoms with Crippen LogP contribution in [0.1, 0.15) is 45.1 Å². The molecule has 0 fully saturated rings. The SMILES string of the molecule is COC(=O)Cc1ccccc1CN(Cc1cccc(C(=O)OC)c1)[C@@H](C)C(=O)N(C(=O)Cc1cc(F)cc(F)c1)C(=O)Cc1cc(F)cc(F)c1. The van der Waals surface area contributed by atoms with Crippen molar-refractivity contribution in [2.75, 3.05) is 14.2 Å². The third kappa shape index (κ3) is 10.4. The van der Waals surface area contributed by atoms with E-state index in [1.165, 1.54) is 27.2 Å². The maximum atomic E-state index is 14.3. The minimum Gasteiger partial charge on any atom is -0.469 e. The Bertz CT molecular complexity index is 1850. The number of hydrogen-bond donors (Lipinski definition) is 0. The van der Waals surface area contributed by atoms with Crippen LogP contribution < -0.4 is 0 Å². The van der Waals surface area contributed by atoms with Gasteiger partial charge in [0.05, 0.1) is 45.1 Å². The average molecular weight is 707 g/mol. The molecule has 4 rings (SSSR count). The number of benzene rings is 4. The molecule has 0 aliphatic heterocycles. The zero-order chi connectivity index (χ0) is 37.2. The van der Waals surface area contributed by atoms with E-state index in [9.17, 15) is 41.5 Å². The summed E-state index contributed by atoms with van der Waals surface area (Å²) in [5.74, 6) is -8.42. The molecule has 0 aromatic heterocycles. The van der Waals surface area contributed by atoms with E-state index in [1.807, 2.05) is 0 Å². The number of methoxy groups -OCH3 is 2. The number of halogens is 4. The molecule has 0 spiro atoms. The molecular weight excluding hydrogens is 672 g/mol. The van der Waals surface area contributed by atoms with Crippen molar-refractivity contribution >= 4 is 29.7 Å². The summed E-state index contributed by atoms with van der Waals surface area (Å²) in [6.45, 7) is 1.39. The lowest BCUT2D eigenvalue weighted by Gasteiger charge is -2.32. The molecule has 0 unspecified atom stereocenters. The van der Waals surface area contributed by atoms with Gasteiger partial charge in [-0.15, -0.1) is 0 Å². The molecular formula is C38H34F4N2O7. The van der Waals surface area contributed by atoms with Crippen molar-refractivity contribution in [1.82, 2.24) is 9.80 Å². The number of ether oxygens (including phenoxy) is 2. The highest BCUT2D eigenvalue weighted by Gasteiger charge is 2.35. The van der Waals surface area contributed by atoms with Crippen LogP contribution in [0, 0.1) is 23.3 Å². The predicted molar refractivity (Wildman–Crippen MR) is 176 cm³/mol. The molecule has 266 valence electrons. The second-order valence-corrected chi connectivity index (χ2v) is 11.7. The summed E-state index contributed by atoms with van der Waals surface area (Å²) < 4.78 is 65.7. The van der Waals surface area contributed by atoms with Gasteiger partial charge in [0.2, 0.25) is 11.8 Å². The molecule has 0 saturated carbocycles. The maximum Gasteiger partial charge on any atom is 0.337 e. The summed E-state index contributed by atoms with van der Waals surface area (Å²) in [6, 6.07) is 16.6. The molecule has 0 radical (unpaired) electrons. The predicted octanol–water partition coefficient (Wildman–Crippen LogP) is 5.50. The third-order valence-electron chi connectivity index (χ3n) is 7.97. The van der Waals surface area contributed by atoms with Crippen LogP contribution in [0.5, 0.6) is 0 Å². The summed E-state index contributed by atoms with van der Waals surface area (Å²) >= 11 is 0. The van der Waals surface area contributed by atoms with Gasteiger partial charge in [-0.25, -0.2) is 27.3 Å². The molecule has 0 bridgehead atoms. The average Bonchev–Trinajstić information content (AvgIpc) is 3.07. The van der Waals surface area contributed by atoms with Crippen LogP contribution in [0.4, 0.5) is 17.6 Å². The molecule has 3 amide bonds. The van der Waals surface area contributed by atoms with Gasteiger partial charge in [0.15, 0.2) is 0 Å². The first-order valence-electron chi connectivity index (χ1n) is 15.6. The maximum absolute atomic E-state index is 14.3. The Morgan fingerprint density at radius 1 is 0.608 bits per heavy atom. The summed E-state index contributed by atoms with van der Waals surface area (Å²) in [5, 5.41) is 0. The van der Waals surface area contributed by atoms with Crippen LogP contribution in [0.25, 0.3) is 0 Å². The number of carbonyl (C=O) groups is 5. The number of carbonyl (C=O) groups excluding carboxylic acids is 5. The Labute approximate surface area is 291 Å². The van der Waals surface area contributed by atoms with Crippen LogP contribution in [-0.2, 0) is 61.0 Å². The van der Waals surface area contributed by atoms with E-state index in [1.54, 1.807) is 47.4 Å². The van der Waals surface area contributed by atoms with Gasteiger partial charge in [-0.1, -0.05) is 36.4 Å². The minimum atomic E-state index is -1.28. The molecule has 4 aromatic carbocycles. The molecule has 0 saturated heterocycles. The topological polar surface area (TPSA) is 110 Å². The zero-order valence-corrected chi connectivity index (χ0v) is 28.0. The Balaban J connectivity index is 1.75. The van der Waals surface area contributed by atoms with Crippen molar-refractivity contribution in [3.05, 3.63) is 142 Å². The lowest BCUT2D eigenvalue weighted by molar-refractivity contribution is -0.156. The fourth-order valence-electron chi connectivity index (χ4n) is 5.47. The van der Waals surface area contributed by atoms with Gasteiger partial charge < -0.3 is 9.47 Å². The highest BCUT2D eigenvalue weighted by Crippen LogP contribution is 2.21. The van der Waals surface area contributed by atoms with Crippen LogP contribution in [0.15, 0.2) is 84.9 Å². The van der Waals surface area contributed by atoms with Crippen LogP contribution in [0.2, 0.25) is 0 Å². The molecule has 13 heteroatoms. The number of rotatable bonds is 13. The van der Waals surface area contributed by atoms with Crippen LogP contribution in [-0.4, -0.2) is 59.7 Å². The molecule has 1 atom stereocenters. The number of amides is 3. The largest absolute Gasteiger partial charge is 0.469 e. The first kappa shape index (κ1) is 38.1. The molecule has 0 heterocycles. The second-order valence-electron chi connectivity index (χ2n) is 11.7. The smallest absolute Gasteiger partial charge is 0.337 e. The molecule has 0 aliphatic carbocycles. The number of imide groups is 3. The number of hydrogen-bond acceptors (Lipinski definition) is 8. The molecule has 9 nitrogen and oxygen atoms in total. The summed E-state index contributed by atoms with van der Waals surface area (Å²) in [6.07, 6.45) is -1.63. The van der Waals surface area contributed by atoms with Crippen molar-refractivity contribution in [2.45, 2.75) is 45.3 Å². The standard InChI is InChI=1S/C38H34F4N2O7/c1-23(43(21-24-7-6-10-28(11-24)38(49)51-3)22-29-9-5-4-8-27(29)18-36(47)50-2)37(48)44(34(45)16-25-12-30(39)19-31(40)13-25)35(46)17-26-14-32(41)20-33(42)15-26/h4-15,19-20,23H,16-18,21-22H2,1-3H3/t23-/m0/s1. The number of esters is 2. The Morgan fingerprint density at radius 2 is 1.14 bits per heavy atom. The van der Waals surface area contributed by atoms with Crippen LogP contribution >= 0.6 is 0 Å². The van der Waals surface area contributed by atoms with Crippen molar-refractivity contribution in [1.29, 1.82) is 0 Å². The van der Waals surface area contributed by atoms with E-state index in [2.05, 4.69) is 0 Å². The highest BCUT2D eigenvalue weighted by atomic mass is 19.1. The van der Waals surface area contributed by atoms with Gasteiger partial charge in [-0.2, -0.15) is 0 Å². The van der Waals surface area contributed by atoms with Gasteiger partial charge in [-0.3, -0.25) is 24.1 Å². The van der Waals surface area contributed by atoms with E-state index in [4.69, 9.17) is 9.47 Å². The van der Waals surface area contributed by atoms with Crippen LogP contribution in [0.3, 0.4) is 0 Å². The molecule has 4 aromatic rings.